The first kappa shape index (κ1) is 20.0. The van der Waals surface area contributed by atoms with Gasteiger partial charge in [0.15, 0.2) is 0 Å². The average molecular weight is 375 g/mol. The number of halogens is 1. The number of hydrogen-bond acceptors (Lipinski definition) is 4. The molecule has 0 bridgehead atoms. The molecule has 0 amide bonds. The van der Waals surface area contributed by atoms with Crippen LogP contribution >= 0.6 is 0 Å². The van der Waals surface area contributed by atoms with Crippen molar-refractivity contribution in [1.82, 2.24) is 19.6 Å². The van der Waals surface area contributed by atoms with Crippen molar-refractivity contribution in [3.8, 4) is 5.69 Å². The smallest absolute Gasteiger partial charge is 0.125 e. The molecule has 1 aromatic heterocycles. The molecule has 1 saturated heterocycles. The molecule has 148 valence electrons. The molecule has 1 N–H and O–H groups in total. The van der Waals surface area contributed by atoms with E-state index in [2.05, 4.69) is 35.7 Å². The monoisotopic (exact) mass is 374 g/mol. The van der Waals surface area contributed by atoms with E-state index in [1.54, 1.807) is 10.7 Å². The summed E-state index contributed by atoms with van der Waals surface area (Å²) >= 11 is 0. The quantitative estimate of drug-likeness (QED) is 0.844. The molecule has 0 saturated carbocycles. The Kier molecular flexibility index (Phi) is 6.29. The summed E-state index contributed by atoms with van der Waals surface area (Å²) in [6, 6.07) is 6.84. The van der Waals surface area contributed by atoms with Gasteiger partial charge in [0.2, 0.25) is 0 Å². The standard InChI is InChI=1S/C21H31FN4O/c1-21(2,3)16-25-9-8-24(15-20(25)7-10-27)13-17-12-23-26(14-17)19-6-4-5-18(22)11-19/h4-6,11-12,14,20,27H,7-10,13,15-16H2,1-3H3/t20-/m1/s1. The lowest BCUT2D eigenvalue weighted by molar-refractivity contribution is 0.0340. The first-order chi connectivity index (χ1) is 12.8. The fourth-order valence-corrected chi connectivity index (χ4v) is 3.80. The molecule has 1 atom stereocenters. The Morgan fingerprint density at radius 3 is 2.78 bits per heavy atom. The van der Waals surface area contributed by atoms with E-state index in [0.29, 0.717) is 6.04 Å². The first-order valence-corrected chi connectivity index (χ1v) is 9.71. The van der Waals surface area contributed by atoms with E-state index in [1.165, 1.54) is 12.1 Å². The predicted molar refractivity (Wildman–Crippen MR) is 105 cm³/mol. The average Bonchev–Trinajstić information content (AvgIpc) is 3.05. The molecule has 2 aromatic rings. The van der Waals surface area contributed by atoms with Gasteiger partial charge in [-0.1, -0.05) is 26.8 Å². The lowest BCUT2D eigenvalue weighted by Gasteiger charge is -2.43. The second kappa shape index (κ2) is 8.50. The van der Waals surface area contributed by atoms with E-state index in [9.17, 15) is 9.50 Å². The molecule has 2 heterocycles. The summed E-state index contributed by atoms with van der Waals surface area (Å²) in [5, 5.41) is 13.9. The van der Waals surface area contributed by atoms with Crippen LogP contribution in [0.5, 0.6) is 0 Å². The van der Waals surface area contributed by atoms with Crippen LogP contribution < -0.4 is 0 Å². The SMILES string of the molecule is CC(C)(C)CN1CCN(Cc2cnn(-c3cccc(F)c3)c2)C[C@H]1CCO. The molecule has 0 aliphatic carbocycles. The van der Waals surface area contributed by atoms with Crippen molar-refractivity contribution in [1.29, 1.82) is 0 Å². The highest BCUT2D eigenvalue weighted by Crippen LogP contribution is 2.22. The fourth-order valence-electron chi connectivity index (χ4n) is 3.80. The number of nitrogens with zero attached hydrogens (tertiary/aromatic N) is 4. The van der Waals surface area contributed by atoms with E-state index in [-0.39, 0.29) is 17.8 Å². The molecule has 1 fully saturated rings. The maximum absolute atomic E-state index is 13.4. The molecular weight excluding hydrogens is 343 g/mol. The number of benzene rings is 1. The normalized spacial score (nSPS) is 19.5. The number of rotatable bonds is 6. The highest BCUT2D eigenvalue weighted by Gasteiger charge is 2.29. The van der Waals surface area contributed by atoms with Crippen molar-refractivity contribution in [2.45, 2.75) is 39.8 Å². The molecule has 3 rings (SSSR count). The number of piperazine rings is 1. The van der Waals surface area contributed by atoms with E-state index in [4.69, 9.17) is 0 Å². The Hall–Kier alpha value is -1.76. The minimum atomic E-state index is -0.258. The van der Waals surface area contributed by atoms with Crippen molar-refractivity contribution in [3.05, 3.63) is 48.0 Å². The lowest BCUT2D eigenvalue weighted by Crippen LogP contribution is -2.54. The largest absolute Gasteiger partial charge is 0.396 e. The molecule has 6 heteroatoms. The summed E-state index contributed by atoms with van der Waals surface area (Å²) < 4.78 is 15.1. The van der Waals surface area contributed by atoms with Crippen molar-refractivity contribution < 1.29 is 9.50 Å². The van der Waals surface area contributed by atoms with Crippen LogP contribution in [0.4, 0.5) is 4.39 Å². The summed E-state index contributed by atoms with van der Waals surface area (Å²) in [6.07, 6.45) is 4.62. The van der Waals surface area contributed by atoms with Gasteiger partial charge in [0.1, 0.15) is 5.82 Å². The van der Waals surface area contributed by atoms with Crippen LogP contribution in [-0.2, 0) is 6.54 Å². The Morgan fingerprint density at radius 2 is 2.07 bits per heavy atom. The van der Waals surface area contributed by atoms with Crippen LogP contribution in [0, 0.1) is 11.2 Å². The number of aliphatic hydroxyl groups excluding tert-OH is 1. The molecule has 1 aromatic carbocycles. The maximum atomic E-state index is 13.4. The summed E-state index contributed by atoms with van der Waals surface area (Å²) in [6.45, 7) is 11.8. The van der Waals surface area contributed by atoms with Crippen molar-refractivity contribution in [3.63, 3.8) is 0 Å². The minimum absolute atomic E-state index is 0.219. The zero-order chi connectivity index (χ0) is 19.4. The zero-order valence-electron chi connectivity index (χ0n) is 16.6. The third-order valence-electron chi connectivity index (χ3n) is 4.94. The van der Waals surface area contributed by atoms with Gasteiger partial charge >= 0.3 is 0 Å². The molecule has 0 spiro atoms. The Balaban J connectivity index is 1.63. The number of hydrogen-bond donors (Lipinski definition) is 1. The van der Waals surface area contributed by atoms with Crippen molar-refractivity contribution in [2.75, 3.05) is 32.8 Å². The van der Waals surface area contributed by atoms with Gasteiger partial charge in [-0.05, 0) is 30.0 Å². The van der Waals surface area contributed by atoms with Crippen LogP contribution in [0.15, 0.2) is 36.7 Å². The summed E-state index contributed by atoms with van der Waals surface area (Å²) in [5.41, 5.74) is 2.10. The molecule has 0 radical (unpaired) electrons. The minimum Gasteiger partial charge on any atom is -0.396 e. The molecule has 5 nitrogen and oxygen atoms in total. The second-order valence-electron chi connectivity index (χ2n) is 8.71. The van der Waals surface area contributed by atoms with Crippen molar-refractivity contribution in [2.24, 2.45) is 5.41 Å². The van der Waals surface area contributed by atoms with Crippen molar-refractivity contribution >= 4 is 0 Å². The van der Waals surface area contributed by atoms with Crippen LogP contribution in [0.1, 0.15) is 32.8 Å². The van der Waals surface area contributed by atoms with Gasteiger partial charge < -0.3 is 5.11 Å². The van der Waals surface area contributed by atoms with Gasteiger partial charge in [0.25, 0.3) is 0 Å². The van der Waals surface area contributed by atoms with Crippen LogP contribution in [0.3, 0.4) is 0 Å². The molecule has 1 aliphatic heterocycles. The molecular formula is C21H31FN4O. The Morgan fingerprint density at radius 1 is 1.26 bits per heavy atom. The maximum Gasteiger partial charge on any atom is 0.125 e. The van der Waals surface area contributed by atoms with Gasteiger partial charge in [-0.2, -0.15) is 5.10 Å². The summed E-state index contributed by atoms with van der Waals surface area (Å²) in [5.74, 6) is -0.258. The number of aliphatic hydroxyl groups is 1. The lowest BCUT2D eigenvalue weighted by atomic mass is 9.94. The first-order valence-electron chi connectivity index (χ1n) is 9.71. The van der Waals surface area contributed by atoms with E-state index in [0.717, 1.165) is 50.4 Å². The van der Waals surface area contributed by atoms with Gasteiger partial charge in [-0.3, -0.25) is 9.80 Å². The third-order valence-corrected chi connectivity index (χ3v) is 4.94. The zero-order valence-corrected chi connectivity index (χ0v) is 16.6. The van der Waals surface area contributed by atoms with Gasteiger partial charge in [-0.25, -0.2) is 9.07 Å². The highest BCUT2D eigenvalue weighted by molar-refractivity contribution is 5.31. The van der Waals surface area contributed by atoms with Gasteiger partial charge in [0, 0.05) is 57.1 Å². The van der Waals surface area contributed by atoms with Crippen LogP contribution in [-0.4, -0.2) is 63.5 Å². The molecule has 1 aliphatic rings. The third kappa shape index (κ3) is 5.61. The Labute approximate surface area is 161 Å². The topological polar surface area (TPSA) is 44.5 Å². The van der Waals surface area contributed by atoms with Crippen LogP contribution in [0.25, 0.3) is 5.69 Å². The fraction of sp³-hybridized carbons (Fsp3) is 0.571. The van der Waals surface area contributed by atoms with E-state index < -0.39 is 0 Å². The number of aromatic nitrogens is 2. The van der Waals surface area contributed by atoms with E-state index in [1.807, 2.05) is 18.5 Å². The predicted octanol–water partition coefficient (Wildman–Crippen LogP) is 2.93. The molecule has 0 unspecified atom stereocenters. The van der Waals surface area contributed by atoms with Gasteiger partial charge in [-0.15, -0.1) is 0 Å². The van der Waals surface area contributed by atoms with Gasteiger partial charge in [0.05, 0.1) is 11.9 Å². The van der Waals surface area contributed by atoms with E-state index >= 15 is 0 Å². The van der Waals surface area contributed by atoms with Crippen LogP contribution in [0.2, 0.25) is 0 Å². The molecule has 27 heavy (non-hydrogen) atoms. The Bertz CT molecular complexity index is 740. The second-order valence-corrected chi connectivity index (χ2v) is 8.71. The summed E-state index contributed by atoms with van der Waals surface area (Å²) in [7, 11) is 0. The summed E-state index contributed by atoms with van der Waals surface area (Å²) in [4.78, 5) is 4.94. The highest BCUT2D eigenvalue weighted by atomic mass is 19.1.